The van der Waals surface area contributed by atoms with E-state index in [1.165, 1.54) is 6.07 Å². The highest BCUT2D eigenvalue weighted by molar-refractivity contribution is 5.80. The first kappa shape index (κ1) is 14.6. The van der Waals surface area contributed by atoms with Crippen LogP contribution in [0.5, 0.6) is 0 Å². The van der Waals surface area contributed by atoms with Crippen LogP contribution in [0, 0.1) is 5.82 Å². The molecule has 1 aromatic heterocycles. The fourth-order valence-electron chi connectivity index (χ4n) is 2.76. The van der Waals surface area contributed by atoms with Gasteiger partial charge in [-0.15, -0.1) is 0 Å². The van der Waals surface area contributed by atoms with Crippen LogP contribution >= 0.6 is 0 Å². The molecule has 1 amide bonds. The van der Waals surface area contributed by atoms with Gasteiger partial charge in [0.25, 0.3) is 0 Å². The predicted octanol–water partition coefficient (Wildman–Crippen LogP) is 1.93. The van der Waals surface area contributed by atoms with Gasteiger partial charge < -0.3 is 9.80 Å². The Morgan fingerprint density at radius 3 is 2.55 bits per heavy atom. The summed E-state index contributed by atoms with van der Waals surface area (Å²) in [6.07, 6.45) is 3.46. The highest BCUT2D eigenvalue weighted by Crippen LogP contribution is 2.21. The first-order valence-electron chi connectivity index (χ1n) is 7.44. The lowest BCUT2D eigenvalue weighted by Gasteiger charge is -2.37. The minimum absolute atomic E-state index is 0.0527. The van der Waals surface area contributed by atoms with Crippen molar-refractivity contribution in [3.8, 4) is 0 Å². The van der Waals surface area contributed by atoms with Crippen LogP contribution in [0.25, 0.3) is 0 Å². The number of hydrogen-bond acceptors (Lipinski definition) is 3. The summed E-state index contributed by atoms with van der Waals surface area (Å²) in [5, 5.41) is 4.12. The lowest BCUT2D eigenvalue weighted by Crippen LogP contribution is -2.50. The van der Waals surface area contributed by atoms with E-state index in [0.717, 1.165) is 0 Å². The van der Waals surface area contributed by atoms with Gasteiger partial charge in [-0.25, -0.2) is 4.39 Å². The molecule has 5 nitrogen and oxygen atoms in total. The Balaban J connectivity index is 1.62. The first-order chi connectivity index (χ1) is 10.7. The zero-order chi connectivity index (χ0) is 15.5. The maximum absolute atomic E-state index is 13.8. The summed E-state index contributed by atoms with van der Waals surface area (Å²) >= 11 is 0. The minimum Gasteiger partial charge on any atom is -0.366 e. The molecule has 0 bridgehead atoms. The van der Waals surface area contributed by atoms with Crippen LogP contribution in [-0.4, -0.2) is 46.8 Å². The molecule has 1 aliphatic heterocycles. The van der Waals surface area contributed by atoms with E-state index < -0.39 is 0 Å². The average Bonchev–Trinajstić information content (AvgIpc) is 3.09. The molecule has 1 atom stereocenters. The minimum atomic E-state index is -0.310. The summed E-state index contributed by atoms with van der Waals surface area (Å²) in [6.45, 7) is 4.31. The third-order valence-electron chi connectivity index (χ3n) is 4.06. The van der Waals surface area contributed by atoms with Gasteiger partial charge in [-0.05, 0) is 25.1 Å². The number of anilines is 1. The van der Waals surface area contributed by atoms with E-state index in [4.69, 9.17) is 0 Å². The number of piperazine rings is 1. The summed E-state index contributed by atoms with van der Waals surface area (Å²) in [5.74, 6) is -0.163. The van der Waals surface area contributed by atoms with Crippen molar-refractivity contribution in [1.29, 1.82) is 0 Å². The molecule has 1 aromatic carbocycles. The highest BCUT2D eigenvalue weighted by atomic mass is 19.1. The van der Waals surface area contributed by atoms with Gasteiger partial charge in [0.05, 0.1) is 5.69 Å². The molecule has 2 heterocycles. The fraction of sp³-hybridized carbons (Fsp3) is 0.375. The number of aromatic nitrogens is 2. The maximum atomic E-state index is 13.8. The number of carbonyl (C=O) groups excluding carboxylic acids is 1. The van der Waals surface area contributed by atoms with Crippen molar-refractivity contribution >= 4 is 11.6 Å². The standard InChI is InChI=1S/C16H19FN4O/c1-13(21-8-4-7-18-21)16(22)20-11-9-19(10-12-20)15-6-3-2-5-14(15)17/h2-8,13H,9-12H2,1H3. The second-order valence-corrected chi connectivity index (χ2v) is 5.43. The van der Waals surface area contributed by atoms with Crippen LogP contribution in [0.4, 0.5) is 10.1 Å². The van der Waals surface area contributed by atoms with Crippen LogP contribution in [0.3, 0.4) is 0 Å². The number of hydrogen-bond donors (Lipinski definition) is 0. The molecule has 1 unspecified atom stereocenters. The number of carbonyl (C=O) groups is 1. The predicted molar refractivity (Wildman–Crippen MR) is 82.1 cm³/mol. The maximum Gasteiger partial charge on any atom is 0.247 e. The number of rotatable bonds is 3. The molecule has 0 saturated carbocycles. The van der Waals surface area contributed by atoms with Gasteiger partial charge in [-0.2, -0.15) is 5.10 Å². The number of halogens is 1. The second-order valence-electron chi connectivity index (χ2n) is 5.43. The van der Waals surface area contributed by atoms with Gasteiger partial charge in [0.15, 0.2) is 0 Å². The molecule has 22 heavy (non-hydrogen) atoms. The Hall–Kier alpha value is -2.37. The van der Waals surface area contributed by atoms with E-state index in [0.29, 0.717) is 31.9 Å². The number of benzene rings is 1. The van der Waals surface area contributed by atoms with Gasteiger partial charge in [-0.3, -0.25) is 9.48 Å². The van der Waals surface area contributed by atoms with E-state index in [2.05, 4.69) is 5.10 Å². The monoisotopic (exact) mass is 302 g/mol. The van der Waals surface area contributed by atoms with Gasteiger partial charge in [-0.1, -0.05) is 12.1 Å². The Labute approximate surface area is 128 Å². The van der Waals surface area contributed by atoms with Crippen LogP contribution < -0.4 is 4.90 Å². The highest BCUT2D eigenvalue weighted by Gasteiger charge is 2.26. The Morgan fingerprint density at radius 1 is 1.18 bits per heavy atom. The fourth-order valence-corrected chi connectivity index (χ4v) is 2.76. The van der Waals surface area contributed by atoms with E-state index in [9.17, 15) is 9.18 Å². The number of amides is 1. The van der Waals surface area contributed by atoms with Crippen LogP contribution in [-0.2, 0) is 4.79 Å². The van der Waals surface area contributed by atoms with Crippen molar-refractivity contribution in [2.45, 2.75) is 13.0 Å². The van der Waals surface area contributed by atoms with Gasteiger partial charge in [0.1, 0.15) is 11.9 Å². The molecule has 1 saturated heterocycles. The zero-order valence-electron chi connectivity index (χ0n) is 12.5. The van der Waals surface area contributed by atoms with Crippen LogP contribution in [0.15, 0.2) is 42.7 Å². The summed E-state index contributed by atoms with van der Waals surface area (Å²) in [7, 11) is 0. The second kappa shape index (κ2) is 6.17. The number of para-hydroxylation sites is 1. The molecule has 116 valence electrons. The quantitative estimate of drug-likeness (QED) is 0.870. The average molecular weight is 302 g/mol. The Morgan fingerprint density at radius 2 is 1.91 bits per heavy atom. The molecule has 6 heteroatoms. The third-order valence-corrected chi connectivity index (χ3v) is 4.06. The topological polar surface area (TPSA) is 41.4 Å². The van der Waals surface area contributed by atoms with Crippen LogP contribution in [0.2, 0.25) is 0 Å². The SMILES string of the molecule is CC(C(=O)N1CCN(c2ccccc2F)CC1)n1cccn1. The summed E-state index contributed by atoms with van der Waals surface area (Å²) < 4.78 is 15.5. The van der Waals surface area contributed by atoms with Crippen molar-refractivity contribution < 1.29 is 9.18 Å². The first-order valence-corrected chi connectivity index (χ1v) is 7.44. The van der Waals surface area contributed by atoms with E-state index in [-0.39, 0.29) is 17.8 Å². The Bertz CT molecular complexity index is 635. The molecule has 0 aliphatic carbocycles. The van der Waals surface area contributed by atoms with Gasteiger partial charge in [0.2, 0.25) is 5.91 Å². The van der Waals surface area contributed by atoms with Crippen molar-refractivity contribution in [3.05, 3.63) is 48.5 Å². The molecule has 0 N–H and O–H groups in total. The molecule has 0 spiro atoms. The third kappa shape index (κ3) is 2.81. The molecular weight excluding hydrogens is 283 g/mol. The normalized spacial score (nSPS) is 16.6. The number of nitrogens with zero attached hydrogens (tertiary/aromatic N) is 4. The largest absolute Gasteiger partial charge is 0.366 e. The lowest BCUT2D eigenvalue weighted by atomic mass is 10.2. The van der Waals surface area contributed by atoms with Crippen molar-refractivity contribution in [3.63, 3.8) is 0 Å². The molecular formula is C16H19FN4O. The van der Waals surface area contributed by atoms with Gasteiger partial charge in [0, 0.05) is 38.6 Å². The Kier molecular flexibility index (Phi) is 4.09. The molecule has 3 rings (SSSR count). The lowest BCUT2D eigenvalue weighted by molar-refractivity contribution is -0.134. The zero-order valence-corrected chi connectivity index (χ0v) is 12.5. The van der Waals surface area contributed by atoms with E-state index in [1.54, 1.807) is 35.3 Å². The van der Waals surface area contributed by atoms with Crippen LogP contribution in [0.1, 0.15) is 13.0 Å². The summed E-state index contributed by atoms with van der Waals surface area (Å²) in [4.78, 5) is 16.3. The van der Waals surface area contributed by atoms with Crippen molar-refractivity contribution in [2.24, 2.45) is 0 Å². The van der Waals surface area contributed by atoms with Gasteiger partial charge >= 0.3 is 0 Å². The van der Waals surface area contributed by atoms with E-state index >= 15 is 0 Å². The molecule has 0 radical (unpaired) electrons. The molecule has 2 aromatic rings. The molecule has 1 aliphatic rings. The van der Waals surface area contributed by atoms with Crippen molar-refractivity contribution in [2.75, 3.05) is 31.1 Å². The smallest absolute Gasteiger partial charge is 0.247 e. The van der Waals surface area contributed by atoms with Crippen molar-refractivity contribution in [1.82, 2.24) is 14.7 Å². The molecule has 1 fully saturated rings. The summed E-state index contributed by atoms with van der Waals surface area (Å²) in [5.41, 5.74) is 0.606. The summed E-state index contributed by atoms with van der Waals surface area (Å²) in [6, 6.07) is 8.25. The van der Waals surface area contributed by atoms with E-state index in [1.807, 2.05) is 22.8 Å².